The lowest BCUT2D eigenvalue weighted by Gasteiger charge is -2.07. The summed E-state index contributed by atoms with van der Waals surface area (Å²) in [5, 5.41) is 9.08. The van der Waals surface area contributed by atoms with Gasteiger partial charge in [-0.25, -0.2) is 4.79 Å². The van der Waals surface area contributed by atoms with Gasteiger partial charge in [0.2, 0.25) is 0 Å². The first-order chi connectivity index (χ1) is 8.91. The highest BCUT2D eigenvalue weighted by atomic mass is 35.5. The van der Waals surface area contributed by atoms with E-state index in [0.717, 1.165) is 0 Å². The summed E-state index contributed by atoms with van der Waals surface area (Å²) in [7, 11) is -1.28. The van der Waals surface area contributed by atoms with Crippen molar-refractivity contribution in [2.45, 2.75) is 18.7 Å². The maximum atomic E-state index is 12.0. The monoisotopic (exact) mass is 304 g/mol. The standard InChI is InChI=1S/C13H17ClO4S/c1-9(2)8-18-5-6-19(17)10-3-4-12(14)11(7-10)13(15)16/h3-4,7,9H,5-6,8H2,1-2H3,(H,15,16). The highest BCUT2D eigenvalue weighted by Gasteiger charge is 2.12. The quantitative estimate of drug-likeness (QED) is 0.787. The molecule has 0 aliphatic carbocycles. The van der Waals surface area contributed by atoms with E-state index in [0.29, 0.717) is 29.8 Å². The van der Waals surface area contributed by atoms with Crippen molar-refractivity contribution in [3.8, 4) is 0 Å². The summed E-state index contributed by atoms with van der Waals surface area (Å²) in [4.78, 5) is 11.4. The number of aromatic carboxylic acids is 1. The van der Waals surface area contributed by atoms with Crippen LogP contribution in [0.25, 0.3) is 0 Å². The molecule has 1 aromatic carbocycles. The fourth-order valence-corrected chi connectivity index (χ4v) is 2.55. The van der Waals surface area contributed by atoms with Gasteiger partial charge in [0, 0.05) is 11.5 Å². The Morgan fingerprint density at radius 1 is 1.47 bits per heavy atom. The second-order valence-corrected chi connectivity index (χ2v) is 6.44. The van der Waals surface area contributed by atoms with Crippen LogP contribution in [-0.4, -0.2) is 34.3 Å². The summed E-state index contributed by atoms with van der Waals surface area (Å²) in [5.41, 5.74) is -0.0318. The third kappa shape index (κ3) is 5.30. The molecule has 0 amide bonds. The molecule has 0 spiro atoms. The molecular formula is C13H17ClO4S. The van der Waals surface area contributed by atoms with Gasteiger partial charge in [-0.1, -0.05) is 25.4 Å². The van der Waals surface area contributed by atoms with Crippen LogP contribution in [0.2, 0.25) is 5.02 Å². The zero-order valence-electron chi connectivity index (χ0n) is 10.9. The Morgan fingerprint density at radius 2 is 2.16 bits per heavy atom. The minimum atomic E-state index is -1.28. The van der Waals surface area contributed by atoms with Gasteiger partial charge in [0.15, 0.2) is 0 Å². The average Bonchev–Trinajstić information content (AvgIpc) is 2.34. The summed E-state index contributed by atoms with van der Waals surface area (Å²) in [5.74, 6) is -0.351. The molecule has 0 bridgehead atoms. The molecule has 1 atom stereocenters. The van der Waals surface area contributed by atoms with Crippen LogP contribution >= 0.6 is 11.6 Å². The summed E-state index contributed by atoms with van der Waals surface area (Å²) in [6.45, 7) is 5.08. The minimum absolute atomic E-state index is 0.0318. The molecule has 0 aliphatic heterocycles. The van der Waals surface area contributed by atoms with Crippen LogP contribution in [0, 0.1) is 5.92 Å². The number of ether oxygens (including phenoxy) is 1. The molecule has 0 saturated heterocycles. The zero-order chi connectivity index (χ0) is 14.4. The third-order valence-corrected chi connectivity index (χ3v) is 3.94. The van der Waals surface area contributed by atoms with Gasteiger partial charge in [-0.15, -0.1) is 0 Å². The Kier molecular flexibility index (Phi) is 6.48. The largest absolute Gasteiger partial charge is 0.478 e. The van der Waals surface area contributed by atoms with Crippen LogP contribution in [0.15, 0.2) is 23.1 Å². The Labute approximate surface area is 120 Å². The zero-order valence-corrected chi connectivity index (χ0v) is 12.5. The van der Waals surface area contributed by atoms with E-state index in [1.54, 1.807) is 6.07 Å². The number of halogens is 1. The van der Waals surface area contributed by atoms with Gasteiger partial charge in [0.05, 0.1) is 33.7 Å². The van der Waals surface area contributed by atoms with Crippen LogP contribution in [0.4, 0.5) is 0 Å². The Hall–Kier alpha value is -0.910. The Balaban J connectivity index is 2.62. The molecule has 0 aliphatic rings. The van der Waals surface area contributed by atoms with Crippen LogP contribution in [0.1, 0.15) is 24.2 Å². The van der Waals surface area contributed by atoms with Crippen LogP contribution in [-0.2, 0) is 15.5 Å². The number of rotatable bonds is 7. The number of hydrogen-bond donors (Lipinski definition) is 1. The van der Waals surface area contributed by atoms with Crippen molar-refractivity contribution in [3.05, 3.63) is 28.8 Å². The highest BCUT2D eigenvalue weighted by Crippen LogP contribution is 2.19. The predicted octanol–water partition coefficient (Wildman–Crippen LogP) is 2.82. The Morgan fingerprint density at radius 3 is 2.74 bits per heavy atom. The summed E-state index contributed by atoms with van der Waals surface area (Å²) in [6, 6.07) is 4.38. The molecule has 1 N–H and O–H groups in total. The van der Waals surface area contributed by atoms with Crippen molar-refractivity contribution in [1.29, 1.82) is 0 Å². The molecule has 4 nitrogen and oxygen atoms in total. The molecule has 6 heteroatoms. The molecule has 19 heavy (non-hydrogen) atoms. The molecule has 1 aromatic rings. The van der Waals surface area contributed by atoms with E-state index in [9.17, 15) is 9.00 Å². The van der Waals surface area contributed by atoms with Crippen LogP contribution in [0.5, 0.6) is 0 Å². The van der Waals surface area contributed by atoms with Crippen molar-refractivity contribution in [3.63, 3.8) is 0 Å². The number of benzene rings is 1. The van der Waals surface area contributed by atoms with E-state index in [4.69, 9.17) is 21.4 Å². The van der Waals surface area contributed by atoms with Crippen molar-refractivity contribution in [2.75, 3.05) is 19.0 Å². The first kappa shape index (κ1) is 16.1. The van der Waals surface area contributed by atoms with E-state index in [1.807, 2.05) is 13.8 Å². The van der Waals surface area contributed by atoms with Gasteiger partial charge in [-0.05, 0) is 24.1 Å². The summed E-state index contributed by atoms with van der Waals surface area (Å²) in [6.07, 6.45) is 0. The normalized spacial score (nSPS) is 12.6. The molecule has 0 radical (unpaired) electrons. The maximum Gasteiger partial charge on any atom is 0.337 e. The molecule has 1 rings (SSSR count). The Bertz CT molecular complexity index is 474. The number of carboxylic acids is 1. The lowest BCUT2D eigenvalue weighted by molar-refractivity contribution is 0.0697. The average molecular weight is 305 g/mol. The third-order valence-electron chi connectivity index (χ3n) is 2.30. The van der Waals surface area contributed by atoms with Crippen molar-refractivity contribution in [2.24, 2.45) is 5.92 Å². The highest BCUT2D eigenvalue weighted by molar-refractivity contribution is 7.85. The number of carbonyl (C=O) groups is 1. The van der Waals surface area contributed by atoms with E-state index in [-0.39, 0.29) is 10.6 Å². The van der Waals surface area contributed by atoms with Gasteiger partial charge in [0.25, 0.3) is 0 Å². The lowest BCUT2D eigenvalue weighted by atomic mass is 10.2. The van der Waals surface area contributed by atoms with E-state index in [2.05, 4.69) is 0 Å². The molecule has 0 aromatic heterocycles. The number of hydrogen-bond acceptors (Lipinski definition) is 3. The van der Waals surface area contributed by atoms with Crippen LogP contribution in [0.3, 0.4) is 0 Å². The topological polar surface area (TPSA) is 63.6 Å². The summed E-state index contributed by atoms with van der Waals surface area (Å²) >= 11 is 5.75. The van der Waals surface area contributed by atoms with E-state index < -0.39 is 16.8 Å². The first-order valence-corrected chi connectivity index (χ1v) is 7.60. The fourth-order valence-electron chi connectivity index (χ4n) is 1.38. The van der Waals surface area contributed by atoms with Gasteiger partial charge >= 0.3 is 5.97 Å². The molecule has 1 unspecified atom stereocenters. The first-order valence-electron chi connectivity index (χ1n) is 5.90. The van der Waals surface area contributed by atoms with Crippen molar-refractivity contribution >= 4 is 28.4 Å². The molecule has 106 valence electrons. The van der Waals surface area contributed by atoms with Crippen molar-refractivity contribution < 1.29 is 18.8 Å². The molecule has 0 fully saturated rings. The van der Waals surface area contributed by atoms with Gasteiger partial charge < -0.3 is 9.84 Å². The second-order valence-electron chi connectivity index (χ2n) is 4.47. The van der Waals surface area contributed by atoms with Gasteiger partial charge in [-0.3, -0.25) is 4.21 Å². The van der Waals surface area contributed by atoms with E-state index in [1.165, 1.54) is 12.1 Å². The lowest BCUT2D eigenvalue weighted by Crippen LogP contribution is -2.10. The molecular weight excluding hydrogens is 288 g/mol. The van der Waals surface area contributed by atoms with Crippen molar-refractivity contribution in [1.82, 2.24) is 0 Å². The molecule has 0 saturated carbocycles. The smallest absolute Gasteiger partial charge is 0.337 e. The SMILES string of the molecule is CC(C)COCCS(=O)c1ccc(Cl)c(C(=O)O)c1. The van der Waals surface area contributed by atoms with Gasteiger partial charge in [-0.2, -0.15) is 0 Å². The second kappa shape index (κ2) is 7.62. The predicted molar refractivity (Wildman–Crippen MR) is 75.3 cm³/mol. The minimum Gasteiger partial charge on any atom is -0.478 e. The molecule has 0 heterocycles. The summed E-state index contributed by atoms with van der Waals surface area (Å²) < 4.78 is 17.3. The van der Waals surface area contributed by atoms with Crippen LogP contribution < -0.4 is 0 Å². The van der Waals surface area contributed by atoms with E-state index >= 15 is 0 Å². The number of carboxylic acid groups (broad SMARTS) is 1. The fraction of sp³-hybridized carbons (Fsp3) is 0.462. The van der Waals surface area contributed by atoms with Gasteiger partial charge in [0.1, 0.15) is 0 Å². The maximum absolute atomic E-state index is 12.0.